The van der Waals surface area contributed by atoms with E-state index >= 15 is 0 Å². The topological polar surface area (TPSA) is 113 Å². The monoisotopic (exact) mass is 303 g/mol. The maximum atomic E-state index is 12.4. The number of aliphatic hydroxyl groups is 1. The smallest absolute Gasteiger partial charge is 0.305 e. The minimum Gasteiger partial charge on any atom is -0.481 e. The van der Waals surface area contributed by atoms with Crippen LogP contribution >= 0.6 is 0 Å². The van der Waals surface area contributed by atoms with Crippen LogP contribution in [0.2, 0.25) is 0 Å². The summed E-state index contributed by atoms with van der Waals surface area (Å²) in [6, 6.07) is -0.387. The van der Waals surface area contributed by atoms with Crippen LogP contribution in [0.15, 0.2) is 17.3 Å². The Morgan fingerprint density at radius 2 is 2.25 bits per heavy atom. The van der Waals surface area contributed by atoms with Gasteiger partial charge in [-0.3, -0.25) is 9.48 Å². The summed E-state index contributed by atoms with van der Waals surface area (Å²) in [5, 5.41) is 21.7. The standard InChI is InChI=1S/C11H17N3O5S/c15-8-9-2-1-4-14(9)20(18,19)10-6-12-13(7-10)5-3-11(16)17/h6-7,9,15H,1-5,8H2,(H,16,17)/t9-/m0/s1. The Hall–Kier alpha value is -1.45. The Bertz CT molecular complexity index is 583. The highest BCUT2D eigenvalue weighted by molar-refractivity contribution is 7.89. The summed E-state index contributed by atoms with van der Waals surface area (Å²) in [5.41, 5.74) is 0. The number of carboxylic acids is 1. The number of aliphatic hydroxyl groups excluding tert-OH is 1. The molecule has 0 unspecified atom stereocenters. The minimum atomic E-state index is -3.68. The van der Waals surface area contributed by atoms with E-state index in [2.05, 4.69) is 5.10 Å². The number of nitrogens with zero attached hydrogens (tertiary/aromatic N) is 3. The summed E-state index contributed by atoms with van der Waals surface area (Å²) in [5.74, 6) is -0.968. The van der Waals surface area contributed by atoms with Gasteiger partial charge in [0.05, 0.1) is 25.8 Å². The zero-order valence-corrected chi connectivity index (χ0v) is 11.7. The van der Waals surface area contributed by atoms with Crippen LogP contribution in [0.4, 0.5) is 0 Å². The molecule has 1 aromatic rings. The van der Waals surface area contributed by atoms with Crippen LogP contribution in [0, 0.1) is 0 Å². The summed E-state index contributed by atoms with van der Waals surface area (Å²) in [4.78, 5) is 10.5. The van der Waals surface area contributed by atoms with Gasteiger partial charge in [-0.05, 0) is 12.8 Å². The second-order valence-corrected chi connectivity index (χ2v) is 6.57. The number of aryl methyl sites for hydroxylation is 1. The second-order valence-electron chi connectivity index (χ2n) is 4.68. The van der Waals surface area contributed by atoms with Crippen LogP contribution in [-0.2, 0) is 21.4 Å². The third-order valence-electron chi connectivity index (χ3n) is 3.30. The van der Waals surface area contributed by atoms with E-state index in [1.54, 1.807) is 0 Å². The average molecular weight is 303 g/mol. The van der Waals surface area contributed by atoms with Gasteiger partial charge in [0, 0.05) is 18.8 Å². The molecule has 0 radical (unpaired) electrons. The average Bonchev–Trinajstić information content (AvgIpc) is 3.05. The third kappa shape index (κ3) is 3.00. The fourth-order valence-electron chi connectivity index (χ4n) is 2.25. The molecule has 1 saturated heterocycles. The van der Waals surface area contributed by atoms with Gasteiger partial charge in [-0.1, -0.05) is 0 Å². The Morgan fingerprint density at radius 3 is 2.90 bits per heavy atom. The van der Waals surface area contributed by atoms with Crippen LogP contribution in [0.1, 0.15) is 19.3 Å². The Labute approximate surface area is 116 Å². The van der Waals surface area contributed by atoms with Crippen molar-refractivity contribution in [3.05, 3.63) is 12.4 Å². The molecular formula is C11H17N3O5S. The fraction of sp³-hybridized carbons (Fsp3) is 0.636. The van der Waals surface area contributed by atoms with Crippen molar-refractivity contribution in [1.29, 1.82) is 0 Å². The summed E-state index contributed by atoms with van der Waals surface area (Å²) in [6.45, 7) is 0.300. The molecule has 1 fully saturated rings. The number of sulfonamides is 1. The van der Waals surface area contributed by atoms with Crippen molar-refractivity contribution < 1.29 is 23.4 Å². The summed E-state index contributed by atoms with van der Waals surface area (Å²) in [7, 11) is -3.68. The molecular weight excluding hydrogens is 286 g/mol. The molecule has 1 aliphatic heterocycles. The van der Waals surface area contributed by atoms with E-state index < -0.39 is 16.0 Å². The zero-order chi connectivity index (χ0) is 14.8. The van der Waals surface area contributed by atoms with Gasteiger partial charge in [0.25, 0.3) is 0 Å². The number of carboxylic acid groups (broad SMARTS) is 1. The number of carbonyl (C=O) groups is 1. The lowest BCUT2D eigenvalue weighted by Crippen LogP contribution is -2.37. The molecule has 2 heterocycles. The van der Waals surface area contributed by atoms with Gasteiger partial charge >= 0.3 is 5.97 Å². The molecule has 112 valence electrons. The molecule has 1 aliphatic rings. The van der Waals surface area contributed by atoms with Crippen molar-refractivity contribution >= 4 is 16.0 Å². The maximum Gasteiger partial charge on any atom is 0.305 e. The van der Waals surface area contributed by atoms with Gasteiger partial charge in [-0.25, -0.2) is 8.42 Å². The molecule has 8 nitrogen and oxygen atoms in total. The largest absolute Gasteiger partial charge is 0.481 e. The van der Waals surface area contributed by atoms with E-state index in [0.717, 1.165) is 6.42 Å². The van der Waals surface area contributed by atoms with Crippen molar-refractivity contribution in [2.75, 3.05) is 13.2 Å². The molecule has 0 aromatic carbocycles. The van der Waals surface area contributed by atoms with Crippen molar-refractivity contribution in [1.82, 2.24) is 14.1 Å². The number of rotatable bonds is 6. The van der Waals surface area contributed by atoms with Crippen LogP contribution in [0.3, 0.4) is 0 Å². The second kappa shape index (κ2) is 5.90. The van der Waals surface area contributed by atoms with Crippen LogP contribution in [0.25, 0.3) is 0 Å². The molecule has 2 N–H and O–H groups in total. The molecule has 0 spiro atoms. The first-order chi connectivity index (χ1) is 9.45. The van der Waals surface area contributed by atoms with Crippen LogP contribution in [0.5, 0.6) is 0 Å². The molecule has 9 heteroatoms. The van der Waals surface area contributed by atoms with Gasteiger partial charge in [-0.2, -0.15) is 9.40 Å². The van der Waals surface area contributed by atoms with Crippen LogP contribution < -0.4 is 0 Å². The summed E-state index contributed by atoms with van der Waals surface area (Å²) >= 11 is 0. The number of aromatic nitrogens is 2. The Morgan fingerprint density at radius 1 is 1.50 bits per heavy atom. The highest BCUT2D eigenvalue weighted by atomic mass is 32.2. The quantitative estimate of drug-likeness (QED) is 0.733. The van der Waals surface area contributed by atoms with Crippen molar-refractivity contribution in [2.24, 2.45) is 0 Å². The maximum absolute atomic E-state index is 12.4. The van der Waals surface area contributed by atoms with Gasteiger partial charge < -0.3 is 10.2 Å². The fourth-order valence-corrected chi connectivity index (χ4v) is 3.89. The van der Waals surface area contributed by atoms with Gasteiger partial charge in [-0.15, -0.1) is 0 Å². The van der Waals surface area contributed by atoms with E-state index in [9.17, 15) is 18.3 Å². The first kappa shape index (κ1) is 14.9. The highest BCUT2D eigenvalue weighted by Crippen LogP contribution is 2.25. The molecule has 0 saturated carbocycles. The predicted octanol–water partition coefficient (Wildman–Crippen LogP) is -0.497. The van der Waals surface area contributed by atoms with E-state index in [1.807, 2.05) is 0 Å². The number of aliphatic carboxylic acids is 1. The SMILES string of the molecule is O=C(O)CCn1cc(S(=O)(=O)N2CCC[C@H]2CO)cn1. The van der Waals surface area contributed by atoms with Crippen molar-refractivity contribution in [3.63, 3.8) is 0 Å². The summed E-state index contributed by atoms with van der Waals surface area (Å²) in [6.07, 6.45) is 3.78. The highest BCUT2D eigenvalue weighted by Gasteiger charge is 2.35. The molecule has 0 bridgehead atoms. The van der Waals surface area contributed by atoms with Crippen LogP contribution in [-0.4, -0.2) is 57.9 Å². The van der Waals surface area contributed by atoms with Gasteiger partial charge in [0.1, 0.15) is 4.90 Å². The lowest BCUT2D eigenvalue weighted by atomic mass is 10.2. The Balaban J connectivity index is 2.15. The lowest BCUT2D eigenvalue weighted by molar-refractivity contribution is -0.137. The lowest BCUT2D eigenvalue weighted by Gasteiger charge is -2.21. The molecule has 2 rings (SSSR count). The van der Waals surface area contributed by atoms with E-state index in [-0.39, 0.29) is 30.5 Å². The summed E-state index contributed by atoms with van der Waals surface area (Å²) < 4.78 is 27.4. The molecule has 1 aromatic heterocycles. The first-order valence-corrected chi connectivity index (χ1v) is 7.76. The molecule has 1 atom stereocenters. The van der Waals surface area contributed by atoms with E-state index in [4.69, 9.17) is 5.11 Å². The van der Waals surface area contributed by atoms with E-state index in [1.165, 1.54) is 21.4 Å². The van der Waals surface area contributed by atoms with Crippen molar-refractivity contribution in [2.45, 2.75) is 36.7 Å². The Kier molecular flexibility index (Phi) is 4.41. The first-order valence-electron chi connectivity index (χ1n) is 6.32. The minimum absolute atomic E-state index is 0.0308. The van der Waals surface area contributed by atoms with Gasteiger partial charge in [0.2, 0.25) is 10.0 Å². The number of hydrogen-bond acceptors (Lipinski definition) is 5. The van der Waals surface area contributed by atoms with E-state index in [0.29, 0.717) is 13.0 Å². The predicted molar refractivity (Wildman–Crippen MR) is 68.5 cm³/mol. The number of hydrogen-bond donors (Lipinski definition) is 2. The normalized spacial score (nSPS) is 20.4. The molecule has 0 amide bonds. The third-order valence-corrected chi connectivity index (χ3v) is 5.21. The molecule has 0 aliphatic carbocycles. The molecule has 20 heavy (non-hydrogen) atoms. The zero-order valence-electron chi connectivity index (χ0n) is 10.8. The van der Waals surface area contributed by atoms with Crippen molar-refractivity contribution in [3.8, 4) is 0 Å². The van der Waals surface area contributed by atoms with Gasteiger partial charge in [0.15, 0.2) is 0 Å².